The number of likely N-dealkylation sites (N-methyl/N-ethyl adjacent to an activating group) is 1. The molecule has 4 saturated carbocycles. The molecular formula is C17H31N3O+2. The third-order valence-electron chi connectivity index (χ3n) is 6.78. The fourth-order valence-electron chi connectivity index (χ4n) is 5.83. The SMILES string of the molecule is C[NH+]1CC[NH+](CC(=O)NC2C3CC4CC(C3)CC2C4)CC1. The molecule has 0 radical (unpaired) electrons. The van der Waals surface area contributed by atoms with E-state index in [1.165, 1.54) is 50.1 Å². The summed E-state index contributed by atoms with van der Waals surface area (Å²) >= 11 is 0. The van der Waals surface area contributed by atoms with Gasteiger partial charge in [-0.3, -0.25) is 4.79 Å². The lowest BCUT2D eigenvalue weighted by Gasteiger charge is -2.54. The monoisotopic (exact) mass is 293 g/mol. The number of hydrogen-bond acceptors (Lipinski definition) is 1. The van der Waals surface area contributed by atoms with E-state index >= 15 is 0 Å². The molecule has 5 fully saturated rings. The first-order valence-corrected chi connectivity index (χ1v) is 9.11. The molecule has 1 saturated heterocycles. The molecule has 4 heteroatoms. The number of carbonyl (C=O) groups is 1. The first-order chi connectivity index (χ1) is 10.2. The first-order valence-electron chi connectivity index (χ1n) is 9.11. The van der Waals surface area contributed by atoms with Crippen LogP contribution in [0.5, 0.6) is 0 Å². The minimum atomic E-state index is 0.321. The minimum absolute atomic E-state index is 0.321. The van der Waals surface area contributed by atoms with Gasteiger partial charge in [0.1, 0.15) is 26.2 Å². The predicted molar refractivity (Wildman–Crippen MR) is 81.2 cm³/mol. The van der Waals surface area contributed by atoms with Gasteiger partial charge in [0.15, 0.2) is 6.54 Å². The Morgan fingerprint density at radius 2 is 1.52 bits per heavy atom. The molecule has 0 aromatic carbocycles. The van der Waals surface area contributed by atoms with Gasteiger partial charge < -0.3 is 15.1 Å². The van der Waals surface area contributed by atoms with E-state index in [0.29, 0.717) is 18.5 Å². The molecule has 0 spiro atoms. The Balaban J connectivity index is 1.30. The highest BCUT2D eigenvalue weighted by Crippen LogP contribution is 2.53. The number of rotatable bonds is 3. The topological polar surface area (TPSA) is 38.0 Å². The molecule has 0 unspecified atom stereocenters. The van der Waals surface area contributed by atoms with Crippen molar-refractivity contribution in [3.63, 3.8) is 0 Å². The quantitative estimate of drug-likeness (QED) is 0.573. The van der Waals surface area contributed by atoms with Crippen LogP contribution in [0.3, 0.4) is 0 Å². The summed E-state index contributed by atoms with van der Waals surface area (Å²) in [6.07, 6.45) is 7.05. The molecule has 118 valence electrons. The number of nitrogens with one attached hydrogen (secondary N) is 3. The van der Waals surface area contributed by atoms with Crippen LogP contribution in [0.15, 0.2) is 0 Å². The zero-order chi connectivity index (χ0) is 14.4. The van der Waals surface area contributed by atoms with Gasteiger partial charge in [0.25, 0.3) is 5.91 Å². The van der Waals surface area contributed by atoms with E-state index < -0.39 is 0 Å². The smallest absolute Gasteiger partial charge is 0.275 e. The van der Waals surface area contributed by atoms with Crippen molar-refractivity contribution in [2.45, 2.75) is 38.1 Å². The van der Waals surface area contributed by atoms with E-state index in [9.17, 15) is 4.79 Å². The second-order valence-electron chi connectivity index (χ2n) is 8.41. The van der Waals surface area contributed by atoms with E-state index in [0.717, 1.165) is 36.8 Å². The molecule has 1 aliphatic heterocycles. The van der Waals surface area contributed by atoms with Crippen molar-refractivity contribution in [1.82, 2.24) is 5.32 Å². The number of hydrogen-bond donors (Lipinski definition) is 3. The van der Waals surface area contributed by atoms with E-state index in [1.54, 1.807) is 4.90 Å². The fraction of sp³-hybridized carbons (Fsp3) is 0.941. The van der Waals surface area contributed by atoms with Gasteiger partial charge >= 0.3 is 0 Å². The highest BCUT2D eigenvalue weighted by atomic mass is 16.2. The number of piperazine rings is 1. The molecule has 5 aliphatic rings. The van der Waals surface area contributed by atoms with Crippen molar-refractivity contribution in [2.75, 3.05) is 39.8 Å². The van der Waals surface area contributed by atoms with E-state index in [2.05, 4.69) is 12.4 Å². The highest BCUT2D eigenvalue weighted by Gasteiger charge is 2.48. The summed E-state index contributed by atoms with van der Waals surface area (Å²) < 4.78 is 0. The van der Waals surface area contributed by atoms with Crippen molar-refractivity contribution in [3.05, 3.63) is 0 Å². The molecule has 3 N–H and O–H groups in total. The third-order valence-corrected chi connectivity index (χ3v) is 6.78. The standard InChI is InChI=1S/C17H29N3O/c1-19-2-4-20(5-3-19)11-16(21)18-17-14-7-12-6-13(9-14)10-15(17)8-12/h12-15,17H,2-11H2,1H3,(H,18,21)/p+2. The molecule has 0 atom stereocenters. The molecular weight excluding hydrogens is 262 g/mol. The van der Waals surface area contributed by atoms with E-state index in [1.807, 2.05) is 0 Å². The Morgan fingerprint density at radius 1 is 0.952 bits per heavy atom. The Morgan fingerprint density at radius 3 is 2.10 bits per heavy atom. The van der Waals surface area contributed by atoms with Crippen LogP contribution in [0.2, 0.25) is 0 Å². The summed E-state index contributed by atoms with van der Waals surface area (Å²) in [6.45, 7) is 5.43. The first kappa shape index (κ1) is 14.0. The molecule has 1 amide bonds. The van der Waals surface area contributed by atoms with Crippen LogP contribution >= 0.6 is 0 Å². The van der Waals surface area contributed by atoms with E-state index in [4.69, 9.17) is 0 Å². The molecule has 5 rings (SSSR count). The Hall–Kier alpha value is -0.610. The van der Waals surface area contributed by atoms with Crippen LogP contribution in [-0.2, 0) is 4.79 Å². The van der Waals surface area contributed by atoms with Crippen LogP contribution in [0.4, 0.5) is 0 Å². The second kappa shape index (κ2) is 5.54. The van der Waals surface area contributed by atoms with Crippen LogP contribution < -0.4 is 15.1 Å². The van der Waals surface area contributed by atoms with Crippen molar-refractivity contribution < 1.29 is 14.6 Å². The molecule has 4 bridgehead atoms. The van der Waals surface area contributed by atoms with Crippen molar-refractivity contribution in [1.29, 1.82) is 0 Å². The van der Waals surface area contributed by atoms with Crippen molar-refractivity contribution in [3.8, 4) is 0 Å². The summed E-state index contributed by atoms with van der Waals surface area (Å²) in [6, 6.07) is 0.516. The van der Waals surface area contributed by atoms with Gasteiger partial charge in [-0.05, 0) is 55.8 Å². The number of quaternary nitrogens is 2. The molecule has 21 heavy (non-hydrogen) atoms. The van der Waals surface area contributed by atoms with Crippen LogP contribution in [0, 0.1) is 23.7 Å². The van der Waals surface area contributed by atoms with E-state index in [-0.39, 0.29) is 0 Å². The Kier molecular flexibility index (Phi) is 3.70. The van der Waals surface area contributed by atoms with Gasteiger partial charge in [0.05, 0.1) is 7.05 Å². The minimum Gasteiger partial charge on any atom is -0.348 e. The van der Waals surface area contributed by atoms with Gasteiger partial charge in [-0.15, -0.1) is 0 Å². The average molecular weight is 293 g/mol. The summed E-state index contributed by atoms with van der Waals surface area (Å²) in [5.74, 6) is 3.91. The maximum Gasteiger partial charge on any atom is 0.275 e. The zero-order valence-corrected chi connectivity index (χ0v) is 13.4. The molecule has 0 aromatic heterocycles. The maximum absolute atomic E-state index is 12.4. The highest BCUT2D eigenvalue weighted by molar-refractivity contribution is 5.77. The van der Waals surface area contributed by atoms with Crippen molar-refractivity contribution in [2.24, 2.45) is 23.7 Å². The largest absolute Gasteiger partial charge is 0.348 e. The Bertz CT molecular complexity index is 375. The summed E-state index contributed by atoms with van der Waals surface area (Å²) in [5.41, 5.74) is 0. The molecule has 0 aromatic rings. The summed E-state index contributed by atoms with van der Waals surface area (Å²) in [4.78, 5) is 15.5. The molecule has 4 nitrogen and oxygen atoms in total. The van der Waals surface area contributed by atoms with Gasteiger partial charge in [-0.25, -0.2) is 0 Å². The molecule has 4 aliphatic carbocycles. The second-order valence-corrected chi connectivity index (χ2v) is 8.41. The number of carbonyl (C=O) groups excluding carboxylic acids is 1. The van der Waals surface area contributed by atoms with Gasteiger partial charge in [-0.2, -0.15) is 0 Å². The van der Waals surface area contributed by atoms with Gasteiger partial charge in [0, 0.05) is 6.04 Å². The lowest BCUT2D eigenvalue weighted by Crippen LogP contribution is -3.27. The van der Waals surface area contributed by atoms with Gasteiger partial charge in [0.2, 0.25) is 0 Å². The molecule has 1 heterocycles. The van der Waals surface area contributed by atoms with Crippen molar-refractivity contribution >= 4 is 5.91 Å². The lowest BCUT2D eigenvalue weighted by atomic mass is 9.54. The summed E-state index contributed by atoms with van der Waals surface area (Å²) in [7, 11) is 2.26. The zero-order valence-electron chi connectivity index (χ0n) is 13.4. The number of amides is 1. The van der Waals surface area contributed by atoms with Crippen LogP contribution in [-0.4, -0.2) is 51.7 Å². The predicted octanol–water partition coefficient (Wildman–Crippen LogP) is -1.66. The van der Waals surface area contributed by atoms with Gasteiger partial charge in [-0.1, -0.05) is 0 Å². The maximum atomic E-state index is 12.4. The Labute approximate surface area is 128 Å². The normalized spacial score (nSPS) is 48.3. The van der Waals surface area contributed by atoms with Crippen LogP contribution in [0.1, 0.15) is 32.1 Å². The fourth-order valence-corrected chi connectivity index (χ4v) is 5.83. The average Bonchev–Trinajstić information content (AvgIpc) is 2.45. The third kappa shape index (κ3) is 2.85. The summed E-state index contributed by atoms with van der Waals surface area (Å²) in [5, 5.41) is 3.45. The van der Waals surface area contributed by atoms with Crippen LogP contribution in [0.25, 0.3) is 0 Å². The lowest BCUT2D eigenvalue weighted by molar-refractivity contribution is -1.000.